The maximum Gasteiger partial charge on any atom is 0.0720 e. The lowest BCUT2D eigenvalue weighted by Gasteiger charge is -2.35. The standard InChI is InChI=1S/C45H32/c1-4-14-31(15-5-1)32-24-26-33(27-25-32)34-28-29-41-42(30-34)45(35-16-6-2-7-17-35,36-18-8-3-9-19-36)44-40-23-13-11-21-38(40)37-20-10-12-22-39(37)43(41)44/h2-4,6-30H,1,5H2. The highest BCUT2D eigenvalue weighted by molar-refractivity contribution is 6.19. The first kappa shape index (κ1) is 26.0. The lowest BCUT2D eigenvalue weighted by atomic mass is 9.66. The second-order valence-corrected chi connectivity index (χ2v) is 12.3. The molecule has 0 saturated heterocycles. The Kier molecular flexibility index (Phi) is 5.96. The van der Waals surface area contributed by atoms with E-state index in [1.807, 2.05) is 0 Å². The second kappa shape index (κ2) is 10.3. The Bertz CT molecular complexity index is 2240. The molecule has 0 aliphatic heterocycles. The average molecular weight is 573 g/mol. The van der Waals surface area contributed by atoms with Gasteiger partial charge in [-0.05, 0) is 96.1 Å². The quantitative estimate of drug-likeness (QED) is 0.184. The number of fused-ring (bicyclic) bond motifs is 8. The van der Waals surface area contributed by atoms with Gasteiger partial charge in [0.1, 0.15) is 0 Å². The van der Waals surface area contributed by atoms with Gasteiger partial charge in [0, 0.05) is 0 Å². The lowest BCUT2D eigenvalue weighted by Crippen LogP contribution is -2.29. The molecule has 0 unspecified atom stereocenters. The van der Waals surface area contributed by atoms with Gasteiger partial charge in [-0.1, -0.05) is 164 Å². The predicted molar refractivity (Wildman–Crippen MR) is 191 cm³/mol. The molecule has 0 saturated carbocycles. The molecule has 0 N–H and O–H groups in total. The Labute approximate surface area is 264 Å². The van der Waals surface area contributed by atoms with Gasteiger partial charge in [0.2, 0.25) is 0 Å². The minimum Gasteiger partial charge on any atom is -0.0836 e. The van der Waals surface area contributed by atoms with E-state index in [2.05, 4.69) is 170 Å². The van der Waals surface area contributed by atoms with Crippen LogP contribution in [0.5, 0.6) is 0 Å². The van der Waals surface area contributed by atoms with Gasteiger partial charge in [0.25, 0.3) is 0 Å². The third-order valence-corrected chi connectivity index (χ3v) is 9.96. The molecule has 212 valence electrons. The van der Waals surface area contributed by atoms with Crippen molar-refractivity contribution in [3.8, 4) is 22.3 Å². The summed E-state index contributed by atoms with van der Waals surface area (Å²) in [6.07, 6.45) is 9.14. The SMILES string of the molecule is C1=CC(c2ccc(-c3ccc4c(c3)C(c3ccccc3)(c3ccccc3)c3c-4c4ccccc4c4ccccc34)cc2)=CCC1. The smallest absolute Gasteiger partial charge is 0.0720 e. The summed E-state index contributed by atoms with van der Waals surface area (Å²) in [6, 6.07) is 56.6. The summed E-state index contributed by atoms with van der Waals surface area (Å²) in [6.45, 7) is 0. The molecule has 9 rings (SSSR count). The average Bonchev–Trinajstić information content (AvgIpc) is 3.44. The topological polar surface area (TPSA) is 0 Å². The van der Waals surface area contributed by atoms with Crippen molar-refractivity contribution < 1.29 is 0 Å². The first-order valence-corrected chi connectivity index (χ1v) is 16.0. The number of hydrogen-bond donors (Lipinski definition) is 0. The Morgan fingerprint density at radius 3 is 1.64 bits per heavy atom. The van der Waals surface area contributed by atoms with Gasteiger partial charge in [-0.3, -0.25) is 0 Å². The van der Waals surface area contributed by atoms with E-state index in [-0.39, 0.29) is 0 Å². The summed E-state index contributed by atoms with van der Waals surface area (Å²) in [7, 11) is 0. The molecule has 0 atom stereocenters. The molecule has 7 aromatic rings. The van der Waals surface area contributed by atoms with Crippen molar-refractivity contribution in [1.29, 1.82) is 0 Å². The molecule has 0 aromatic heterocycles. The Morgan fingerprint density at radius 2 is 1.00 bits per heavy atom. The molecule has 7 aromatic carbocycles. The Morgan fingerprint density at radius 1 is 0.444 bits per heavy atom. The molecule has 2 aliphatic carbocycles. The fourth-order valence-electron chi connectivity index (χ4n) is 8.02. The van der Waals surface area contributed by atoms with Crippen molar-refractivity contribution in [2.24, 2.45) is 0 Å². The van der Waals surface area contributed by atoms with Crippen molar-refractivity contribution in [3.63, 3.8) is 0 Å². The summed E-state index contributed by atoms with van der Waals surface area (Å²) in [5.74, 6) is 0. The van der Waals surface area contributed by atoms with E-state index in [1.165, 1.54) is 77.2 Å². The van der Waals surface area contributed by atoms with Crippen LogP contribution < -0.4 is 0 Å². The van der Waals surface area contributed by atoms with E-state index < -0.39 is 5.41 Å². The number of hydrogen-bond acceptors (Lipinski definition) is 0. The van der Waals surface area contributed by atoms with Crippen LogP contribution in [0.25, 0.3) is 49.4 Å². The van der Waals surface area contributed by atoms with Gasteiger partial charge in [-0.2, -0.15) is 0 Å². The maximum atomic E-state index is 2.48. The van der Waals surface area contributed by atoms with Gasteiger partial charge in [0.15, 0.2) is 0 Å². The largest absolute Gasteiger partial charge is 0.0836 e. The summed E-state index contributed by atoms with van der Waals surface area (Å²) >= 11 is 0. The molecule has 0 heterocycles. The van der Waals surface area contributed by atoms with E-state index in [4.69, 9.17) is 0 Å². The highest BCUT2D eigenvalue weighted by Gasteiger charge is 2.48. The van der Waals surface area contributed by atoms with Crippen molar-refractivity contribution >= 4 is 27.1 Å². The minimum absolute atomic E-state index is 0.482. The fraction of sp³-hybridized carbons (Fsp3) is 0.0667. The number of benzene rings is 7. The van der Waals surface area contributed by atoms with Gasteiger partial charge < -0.3 is 0 Å². The van der Waals surface area contributed by atoms with Crippen molar-refractivity contribution in [2.45, 2.75) is 18.3 Å². The molecule has 0 heteroatoms. The van der Waals surface area contributed by atoms with Crippen molar-refractivity contribution in [2.75, 3.05) is 0 Å². The highest BCUT2D eigenvalue weighted by atomic mass is 14.5. The Balaban J connectivity index is 1.38. The molecular weight excluding hydrogens is 540 g/mol. The zero-order valence-electron chi connectivity index (χ0n) is 25.1. The summed E-state index contributed by atoms with van der Waals surface area (Å²) in [4.78, 5) is 0. The monoisotopic (exact) mass is 572 g/mol. The van der Waals surface area contributed by atoms with Crippen LogP contribution in [-0.4, -0.2) is 0 Å². The molecule has 0 spiro atoms. The minimum atomic E-state index is -0.482. The maximum absolute atomic E-state index is 2.48. The second-order valence-electron chi connectivity index (χ2n) is 12.3. The van der Waals surface area contributed by atoms with Crippen LogP contribution >= 0.6 is 0 Å². The molecule has 0 nitrogen and oxygen atoms in total. The van der Waals surface area contributed by atoms with Crippen LogP contribution in [0, 0.1) is 0 Å². The molecule has 0 radical (unpaired) electrons. The number of rotatable bonds is 4. The van der Waals surface area contributed by atoms with E-state index in [0.29, 0.717) is 0 Å². The van der Waals surface area contributed by atoms with Gasteiger partial charge in [-0.25, -0.2) is 0 Å². The third-order valence-electron chi connectivity index (χ3n) is 9.96. The molecular formula is C45H32. The summed E-state index contributed by atoms with van der Waals surface area (Å²) in [5.41, 5.74) is 12.6. The molecule has 0 amide bonds. The first-order chi connectivity index (χ1) is 22.3. The summed E-state index contributed by atoms with van der Waals surface area (Å²) < 4.78 is 0. The lowest BCUT2D eigenvalue weighted by molar-refractivity contribution is 0.776. The normalized spacial score (nSPS) is 14.7. The van der Waals surface area contributed by atoms with Gasteiger partial charge >= 0.3 is 0 Å². The van der Waals surface area contributed by atoms with E-state index in [9.17, 15) is 0 Å². The molecule has 0 fully saturated rings. The van der Waals surface area contributed by atoms with E-state index in [1.54, 1.807) is 0 Å². The first-order valence-electron chi connectivity index (χ1n) is 16.0. The molecule has 0 bridgehead atoms. The van der Waals surface area contributed by atoms with Crippen LogP contribution in [0.3, 0.4) is 0 Å². The zero-order valence-corrected chi connectivity index (χ0v) is 25.1. The van der Waals surface area contributed by atoms with Crippen LogP contribution in [0.4, 0.5) is 0 Å². The zero-order chi connectivity index (χ0) is 29.8. The predicted octanol–water partition coefficient (Wildman–Crippen LogP) is 11.8. The van der Waals surface area contributed by atoms with Crippen molar-refractivity contribution in [1.82, 2.24) is 0 Å². The van der Waals surface area contributed by atoms with Crippen LogP contribution in [0.15, 0.2) is 170 Å². The van der Waals surface area contributed by atoms with Crippen molar-refractivity contribution in [3.05, 3.63) is 198 Å². The van der Waals surface area contributed by atoms with Gasteiger partial charge in [-0.15, -0.1) is 0 Å². The van der Waals surface area contributed by atoms with Gasteiger partial charge in [0.05, 0.1) is 5.41 Å². The van der Waals surface area contributed by atoms with E-state index >= 15 is 0 Å². The fourth-order valence-corrected chi connectivity index (χ4v) is 8.02. The summed E-state index contributed by atoms with van der Waals surface area (Å²) in [5, 5.41) is 5.24. The Hall–Kier alpha value is -5.46. The van der Waals surface area contributed by atoms with E-state index in [0.717, 1.165) is 12.8 Å². The van der Waals surface area contributed by atoms with Crippen LogP contribution in [0.1, 0.15) is 40.7 Å². The van der Waals surface area contributed by atoms with Crippen LogP contribution in [-0.2, 0) is 5.41 Å². The van der Waals surface area contributed by atoms with Crippen LogP contribution in [0.2, 0.25) is 0 Å². The number of allylic oxidation sites excluding steroid dienone is 4. The third kappa shape index (κ3) is 3.85. The molecule has 45 heavy (non-hydrogen) atoms. The molecule has 2 aliphatic rings. The highest BCUT2D eigenvalue weighted by Crippen LogP contribution is 2.60.